The van der Waals surface area contributed by atoms with E-state index >= 15 is 0 Å². The number of pyridine rings is 1. The molecule has 3 aromatic rings. The van der Waals surface area contributed by atoms with Crippen molar-refractivity contribution in [3.8, 4) is 11.6 Å². The molecule has 7 heteroatoms. The van der Waals surface area contributed by atoms with E-state index in [9.17, 15) is 0 Å². The molecule has 3 heterocycles. The number of H-pyrrole nitrogens is 1. The molecule has 0 radical (unpaired) electrons. The lowest BCUT2D eigenvalue weighted by atomic mass is 10.4. The molecule has 0 saturated carbocycles. The number of rotatable bonds is 1. The predicted octanol–water partition coefficient (Wildman–Crippen LogP) is 1.43. The molecule has 3 rings (SSSR count). The third-order valence-electron chi connectivity index (χ3n) is 2.74. The molecular weight excluding hydrogens is 236 g/mol. The normalized spacial score (nSPS) is 11.2. The van der Waals surface area contributed by atoms with Crippen LogP contribution in [0.25, 0.3) is 22.8 Å². The van der Waals surface area contributed by atoms with E-state index in [1.165, 1.54) is 0 Å². The molecule has 0 aliphatic heterocycles. The van der Waals surface area contributed by atoms with E-state index in [0.717, 1.165) is 11.3 Å². The number of hydrogen-bond acceptors (Lipinski definition) is 4. The third-order valence-corrected chi connectivity index (χ3v) is 3.10. The van der Waals surface area contributed by atoms with Crippen LogP contribution in [0.15, 0.2) is 18.3 Å². The van der Waals surface area contributed by atoms with Crippen molar-refractivity contribution in [1.82, 2.24) is 29.3 Å². The van der Waals surface area contributed by atoms with Gasteiger partial charge in [0.15, 0.2) is 22.1 Å². The number of imidazole rings is 1. The summed E-state index contributed by atoms with van der Waals surface area (Å²) >= 11 is 5.09. The minimum atomic E-state index is 0.569. The van der Waals surface area contributed by atoms with Gasteiger partial charge in [-0.1, -0.05) is 0 Å². The summed E-state index contributed by atoms with van der Waals surface area (Å²) < 4.78 is 4.31. The average molecular weight is 246 g/mol. The Morgan fingerprint density at radius 2 is 2.06 bits per heavy atom. The van der Waals surface area contributed by atoms with Crippen LogP contribution in [-0.2, 0) is 14.1 Å². The minimum Gasteiger partial charge on any atom is -0.323 e. The lowest BCUT2D eigenvalue weighted by Gasteiger charge is -2.00. The van der Waals surface area contributed by atoms with Crippen LogP contribution in [0.2, 0.25) is 0 Å². The molecular formula is C10H10N6S. The molecule has 86 valence electrons. The highest BCUT2D eigenvalue weighted by Crippen LogP contribution is 2.19. The van der Waals surface area contributed by atoms with Gasteiger partial charge in [-0.3, -0.25) is 5.10 Å². The number of hydrogen-bond donors (Lipinski definition) is 1. The largest absolute Gasteiger partial charge is 0.323 e. The Morgan fingerprint density at radius 1 is 1.24 bits per heavy atom. The van der Waals surface area contributed by atoms with Crippen molar-refractivity contribution in [3.05, 3.63) is 23.1 Å². The first-order valence-corrected chi connectivity index (χ1v) is 5.48. The van der Waals surface area contributed by atoms with Gasteiger partial charge in [-0.25, -0.2) is 9.97 Å². The van der Waals surface area contributed by atoms with Crippen molar-refractivity contribution in [2.45, 2.75) is 0 Å². The molecule has 0 amide bonds. The van der Waals surface area contributed by atoms with Gasteiger partial charge in [0.25, 0.3) is 0 Å². The first kappa shape index (κ1) is 10.2. The minimum absolute atomic E-state index is 0.569. The van der Waals surface area contributed by atoms with Crippen LogP contribution in [0.5, 0.6) is 0 Å². The third kappa shape index (κ3) is 1.39. The van der Waals surface area contributed by atoms with Gasteiger partial charge in [0.05, 0.1) is 5.52 Å². The molecule has 6 nitrogen and oxygen atoms in total. The van der Waals surface area contributed by atoms with Crippen molar-refractivity contribution in [3.63, 3.8) is 0 Å². The van der Waals surface area contributed by atoms with Crippen molar-refractivity contribution in [1.29, 1.82) is 0 Å². The van der Waals surface area contributed by atoms with Gasteiger partial charge in [-0.2, -0.15) is 5.10 Å². The number of aryl methyl sites for hydroxylation is 1. The summed E-state index contributed by atoms with van der Waals surface area (Å²) in [6, 6.07) is 3.86. The van der Waals surface area contributed by atoms with Gasteiger partial charge in [-0.05, 0) is 24.4 Å². The first-order valence-electron chi connectivity index (χ1n) is 5.07. The van der Waals surface area contributed by atoms with Crippen LogP contribution in [0, 0.1) is 4.77 Å². The van der Waals surface area contributed by atoms with Gasteiger partial charge in [0, 0.05) is 20.3 Å². The van der Waals surface area contributed by atoms with E-state index in [4.69, 9.17) is 12.2 Å². The Morgan fingerprint density at radius 3 is 2.71 bits per heavy atom. The molecule has 0 spiro atoms. The van der Waals surface area contributed by atoms with E-state index < -0.39 is 0 Å². The summed E-state index contributed by atoms with van der Waals surface area (Å²) in [7, 11) is 3.79. The zero-order chi connectivity index (χ0) is 12.0. The lowest BCUT2D eigenvalue weighted by molar-refractivity contribution is 0.864. The number of fused-ring (bicyclic) bond motifs is 1. The molecule has 3 aromatic heterocycles. The molecule has 0 unspecified atom stereocenters. The summed E-state index contributed by atoms with van der Waals surface area (Å²) in [5.74, 6) is 1.45. The molecule has 1 N–H and O–H groups in total. The SMILES string of the molecule is Cn1c(-c2nc3ncccc3n2C)n[nH]c1=S. The second-order valence-corrected chi connectivity index (χ2v) is 4.14. The van der Waals surface area contributed by atoms with Crippen LogP contribution >= 0.6 is 12.2 Å². The van der Waals surface area contributed by atoms with Crippen LogP contribution in [-0.4, -0.2) is 29.3 Å². The summed E-state index contributed by atoms with van der Waals surface area (Å²) in [5.41, 5.74) is 1.68. The number of nitrogens with one attached hydrogen (secondary N) is 1. The quantitative estimate of drug-likeness (QED) is 0.660. The maximum Gasteiger partial charge on any atom is 0.198 e. The van der Waals surface area contributed by atoms with E-state index in [1.54, 1.807) is 10.8 Å². The van der Waals surface area contributed by atoms with Crippen molar-refractivity contribution >= 4 is 23.4 Å². The predicted molar refractivity (Wildman–Crippen MR) is 65.9 cm³/mol. The summed E-state index contributed by atoms with van der Waals surface area (Å²) in [6.07, 6.45) is 1.72. The molecule has 0 fully saturated rings. The standard InChI is InChI=1S/C10H10N6S/c1-15-6-4-3-5-11-7(6)12-8(15)9-13-14-10(17)16(9)2/h3-5H,1-2H3,(H,14,17). The number of aromatic amines is 1. The zero-order valence-corrected chi connectivity index (χ0v) is 10.2. The second kappa shape index (κ2) is 3.49. The Kier molecular flexibility index (Phi) is 2.08. The summed E-state index contributed by atoms with van der Waals surface area (Å²) in [4.78, 5) is 8.68. The fourth-order valence-electron chi connectivity index (χ4n) is 1.77. The molecule has 0 aliphatic rings. The van der Waals surface area contributed by atoms with E-state index in [0.29, 0.717) is 16.2 Å². The fourth-order valence-corrected chi connectivity index (χ4v) is 1.90. The Hall–Kier alpha value is -2.02. The molecule has 0 saturated heterocycles. The highest BCUT2D eigenvalue weighted by Gasteiger charge is 2.14. The topological polar surface area (TPSA) is 64.3 Å². The highest BCUT2D eigenvalue weighted by atomic mass is 32.1. The van der Waals surface area contributed by atoms with Crippen LogP contribution < -0.4 is 0 Å². The fraction of sp³-hybridized carbons (Fsp3) is 0.200. The monoisotopic (exact) mass is 246 g/mol. The molecule has 0 atom stereocenters. The lowest BCUT2D eigenvalue weighted by Crippen LogP contribution is -1.99. The summed E-state index contributed by atoms with van der Waals surface area (Å²) in [5, 5.41) is 6.93. The molecule has 0 bridgehead atoms. The second-order valence-electron chi connectivity index (χ2n) is 3.75. The van der Waals surface area contributed by atoms with Crippen LogP contribution in [0.4, 0.5) is 0 Å². The van der Waals surface area contributed by atoms with E-state index in [2.05, 4.69) is 20.2 Å². The zero-order valence-electron chi connectivity index (χ0n) is 9.38. The van der Waals surface area contributed by atoms with Crippen molar-refractivity contribution < 1.29 is 0 Å². The van der Waals surface area contributed by atoms with Gasteiger partial charge in [0.2, 0.25) is 0 Å². The van der Waals surface area contributed by atoms with Crippen molar-refractivity contribution in [2.75, 3.05) is 0 Å². The smallest absolute Gasteiger partial charge is 0.198 e. The number of aromatic nitrogens is 6. The highest BCUT2D eigenvalue weighted by molar-refractivity contribution is 7.71. The van der Waals surface area contributed by atoms with Gasteiger partial charge >= 0.3 is 0 Å². The summed E-state index contributed by atoms with van der Waals surface area (Å²) in [6.45, 7) is 0. The Labute approximate surface area is 102 Å². The average Bonchev–Trinajstić information content (AvgIpc) is 2.83. The van der Waals surface area contributed by atoms with Crippen LogP contribution in [0.3, 0.4) is 0 Å². The van der Waals surface area contributed by atoms with Gasteiger partial charge in [-0.15, -0.1) is 0 Å². The van der Waals surface area contributed by atoms with E-state index in [1.807, 2.05) is 30.8 Å². The maximum absolute atomic E-state index is 5.09. The number of nitrogens with zero attached hydrogens (tertiary/aromatic N) is 5. The van der Waals surface area contributed by atoms with E-state index in [-0.39, 0.29) is 0 Å². The molecule has 17 heavy (non-hydrogen) atoms. The Bertz CT molecular complexity index is 750. The maximum atomic E-state index is 5.09. The van der Waals surface area contributed by atoms with Crippen molar-refractivity contribution in [2.24, 2.45) is 14.1 Å². The van der Waals surface area contributed by atoms with Gasteiger partial charge < -0.3 is 9.13 Å². The van der Waals surface area contributed by atoms with Gasteiger partial charge in [0.1, 0.15) is 0 Å². The molecule has 0 aliphatic carbocycles. The first-order chi connectivity index (χ1) is 8.18. The van der Waals surface area contributed by atoms with Crippen LogP contribution in [0.1, 0.15) is 0 Å². The molecule has 0 aromatic carbocycles. The Balaban J connectivity index is 2.35.